The lowest BCUT2D eigenvalue weighted by atomic mass is 9.97. The van der Waals surface area contributed by atoms with Gasteiger partial charge in [-0.1, -0.05) is 38.1 Å². The third kappa shape index (κ3) is 2.09. The second kappa shape index (κ2) is 4.26. The lowest BCUT2D eigenvalue weighted by Crippen LogP contribution is -2.28. The molecule has 1 aromatic rings. The largest absolute Gasteiger partial charge is 0.348 e. The van der Waals surface area contributed by atoms with Gasteiger partial charge in [0, 0.05) is 12.5 Å². The summed E-state index contributed by atoms with van der Waals surface area (Å²) in [6, 6.07) is 8.22. The average molecular weight is 218 g/mol. The third-order valence-corrected chi connectivity index (χ3v) is 3.13. The second-order valence-electron chi connectivity index (χ2n) is 4.73. The predicted octanol–water partition coefficient (Wildman–Crippen LogP) is 1.70. The summed E-state index contributed by atoms with van der Waals surface area (Å²) in [4.78, 5) is 11.2. The van der Waals surface area contributed by atoms with E-state index in [1.807, 2.05) is 0 Å². The molecule has 0 bridgehead atoms. The van der Waals surface area contributed by atoms with Gasteiger partial charge in [0.25, 0.3) is 0 Å². The van der Waals surface area contributed by atoms with Gasteiger partial charge in [-0.15, -0.1) is 0 Å². The van der Waals surface area contributed by atoms with Crippen molar-refractivity contribution in [1.29, 1.82) is 0 Å². The molecule has 0 aromatic heterocycles. The van der Waals surface area contributed by atoms with Crippen LogP contribution >= 0.6 is 0 Å². The van der Waals surface area contributed by atoms with Crippen LogP contribution < -0.4 is 11.1 Å². The SMILES string of the molecule is CC(C)c1ccc(C2NC(=O)CC2N)cc1. The Morgan fingerprint density at radius 1 is 1.31 bits per heavy atom. The normalized spacial score (nSPS) is 24.9. The molecule has 86 valence electrons. The van der Waals surface area contributed by atoms with E-state index in [9.17, 15) is 4.79 Å². The highest BCUT2D eigenvalue weighted by Gasteiger charge is 2.30. The van der Waals surface area contributed by atoms with Crippen molar-refractivity contribution in [2.75, 3.05) is 0 Å². The van der Waals surface area contributed by atoms with Crippen LogP contribution in [0.3, 0.4) is 0 Å². The number of nitrogens with two attached hydrogens (primary N) is 1. The fourth-order valence-electron chi connectivity index (χ4n) is 2.09. The molecule has 3 nitrogen and oxygen atoms in total. The molecule has 2 atom stereocenters. The van der Waals surface area contributed by atoms with Crippen molar-refractivity contribution in [3.8, 4) is 0 Å². The van der Waals surface area contributed by atoms with Crippen LogP contribution in [0.4, 0.5) is 0 Å². The van der Waals surface area contributed by atoms with Crippen molar-refractivity contribution in [3.63, 3.8) is 0 Å². The number of hydrogen-bond donors (Lipinski definition) is 2. The molecule has 1 saturated heterocycles. The van der Waals surface area contributed by atoms with E-state index in [0.717, 1.165) is 5.56 Å². The topological polar surface area (TPSA) is 55.1 Å². The molecule has 1 aromatic carbocycles. The quantitative estimate of drug-likeness (QED) is 0.793. The number of amides is 1. The Kier molecular flexibility index (Phi) is 2.97. The minimum Gasteiger partial charge on any atom is -0.348 e. The molecular formula is C13H18N2O. The van der Waals surface area contributed by atoms with E-state index in [1.54, 1.807) is 0 Å². The van der Waals surface area contributed by atoms with Crippen molar-refractivity contribution in [2.45, 2.75) is 38.3 Å². The summed E-state index contributed by atoms with van der Waals surface area (Å²) in [6.07, 6.45) is 0.427. The number of carbonyl (C=O) groups excluding carboxylic acids is 1. The second-order valence-corrected chi connectivity index (χ2v) is 4.73. The smallest absolute Gasteiger partial charge is 0.222 e. The number of hydrogen-bond acceptors (Lipinski definition) is 2. The Balaban J connectivity index is 2.19. The Morgan fingerprint density at radius 2 is 1.94 bits per heavy atom. The van der Waals surface area contributed by atoms with Gasteiger partial charge in [-0.2, -0.15) is 0 Å². The predicted molar refractivity (Wildman–Crippen MR) is 64.0 cm³/mol. The highest BCUT2D eigenvalue weighted by molar-refractivity contribution is 5.80. The Morgan fingerprint density at radius 3 is 2.38 bits per heavy atom. The number of nitrogens with one attached hydrogen (secondary N) is 1. The summed E-state index contributed by atoms with van der Waals surface area (Å²) in [6.45, 7) is 4.33. The van der Waals surface area contributed by atoms with Crippen LogP contribution in [-0.2, 0) is 4.79 Å². The molecule has 2 unspecified atom stereocenters. The van der Waals surface area contributed by atoms with E-state index >= 15 is 0 Å². The van der Waals surface area contributed by atoms with Gasteiger partial charge in [-0.3, -0.25) is 4.79 Å². The first-order chi connectivity index (χ1) is 7.58. The van der Waals surface area contributed by atoms with Crippen molar-refractivity contribution < 1.29 is 4.79 Å². The third-order valence-electron chi connectivity index (χ3n) is 3.13. The molecule has 2 rings (SSSR count). The molecular weight excluding hydrogens is 200 g/mol. The van der Waals surface area contributed by atoms with E-state index in [2.05, 4.69) is 43.4 Å². The summed E-state index contributed by atoms with van der Waals surface area (Å²) in [5.74, 6) is 0.575. The summed E-state index contributed by atoms with van der Waals surface area (Å²) in [7, 11) is 0. The van der Waals surface area contributed by atoms with Crippen molar-refractivity contribution in [1.82, 2.24) is 5.32 Å². The first-order valence-corrected chi connectivity index (χ1v) is 5.72. The molecule has 1 fully saturated rings. The maximum atomic E-state index is 11.2. The van der Waals surface area contributed by atoms with E-state index < -0.39 is 0 Å². The molecule has 0 radical (unpaired) electrons. The van der Waals surface area contributed by atoms with Gasteiger partial charge in [-0.25, -0.2) is 0 Å². The zero-order valence-electron chi connectivity index (χ0n) is 9.73. The van der Waals surface area contributed by atoms with E-state index in [4.69, 9.17) is 5.73 Å². The first-order valence-electron chi connectivity index (χ1n) is 5.72. The maximum Gasteiger partial charge on any atom is 0.222 e. The zero-order valence-corrected chi connectivity index (χ0v) is 9.73. The Hall–Kier alpha value is -1.35. The number of carbonyl (C=O) groups is 1. The molecule has 1 aliphatic heterocycles. The van der Waals surface area contributed by atoms with Crippen LogP contribution in [0.2, 0.25) is 0 Å². The fourth-order valence-corrected chi connectivity index (χ4v) is 2.09. The Labute approximate surface area is 96.0 Å². The molecule has 1 heterocycles. The number of benzene rings is 1. The van der Waals surface area contributed by atoms with E-state index in [0.29, 0.717) is 12.3 Å². The van der Waals surface area contributed by atoms with Crippen LogP contribution in [0.1, 0.15) is 43.4 Å². The average Bonchev–Trinajstić information content (AvgIpc) is 2.58. The monoisotopic (exact) mass is 218 g/mol. The minimum atomic E-state index is -0.0996. The number of rotatable bonds is 2. The molecule has 3 N–H and O–H groups in total. The fraction of sp³-hybridized carbons (Fsp3) is 0.462. The van der Waals surface area contributed by atoms with Crippen LogP contribution in [0.5, 0.6) is 0 Å². The van der Waals surface area contributed by atoms with Crippen molar-refractivity contribution in [3.05, 3.63) is 35.4 Å². The van der Waals surface area contributed by atoms with E-state index in [-0.39, 0.29) is 18.0 Å². The van der Waals surface area contributed by atoms with Crippen molar-refractivity contribution >= 4 is 5.91 Å². The molecule has 1 amide bonds. The summed E-state index contributed by atoms with van der Waals surface area (Å²) >= 11 is 0. The minimum absolute atomic E-state index is 0.0197. The van der Waals surface area contributed by atoms with Gasteiger partial charge in [-0.05, 0) is 17.0 Å². The summed E-state index contributed by atoms with van der Waals surface area (Å²) < 4.78 is 0. The molecule has 3 heteroatoms. The molecule has 0 aliphatic carbocycles. The highest BCUT2D eigenvalue weighted by Crippen LogP contribution is 2.24. The molecule has 1 aliphatic rings. The van der Waals surface area contributed by atoms with E-state index in [1.165, 1.54) is 5.56 Å². The van der Waals surface area contributed by atoms with Gasteiger partial charge < -0.3 is 11.1 Å². The van der Waals surface area contributed by atoms with Crippen LogP contribution in [0.15, 0.2) is 24.3 Å². The lowest BCUT2D eigenvalue weighted by molar-refractivity contribution is -0.119. The highest BCUT2D eigenvalue weighted by atomic mass is 16.2. The van der Waals surface area contributed by atoms with Crippen LogP contribution in [-0.4, -0.2) is 11.9 Å². The van der Waals surface area contributed by atoms with Gasteiger partial charge in [0.15, 0.2) is 0 Å². The maximum absolute atomic E-state index is 11.2. The molecule has 0 saturated carbocycles. The van der Waals surface area contributed by atoms with Gasteiger partial charge >= 0.3 is 0 Å². The standard InChI is InChI=1S/C13H18N2O/c1-8(2)9-3-5-10(6-4-9)13-11(14)7-12(16)15-13/h3-6,8,11,13H,7,14H2,1-2H3,(H,15,16). The summed E-state index contributed by atoms with van der Waals surface area (Å²) in [5, 5.41) is 2.90. The zero-order chi connectivity index (χ0) is 11.7. The van der Waals surface area contributed by atoms with Crippen LogP contribution in [0, 0.1) is 0 Å². The molecule has 16 heavy (non-hydrogen) atoms. The van der Waals surface area contributed by atoms with Gasteiger partial charge in [0.1, 0.15) is 0 Å². The lowest BCUT2D eigenvalue weighted by Gasteiger charge is -2.16. The summed E-state index contributed by atoms with van der Waals surface area (Å²) in [5.41, 5.74) is 8.32. The van der Waals surface area contributed by atoms with Gasteiger partial charge in [0.05, 0.1) is 6.04 Å². The van der Waals surface area contributed by atoms with Crippen molar-refractivity contribution in [2.24, 2.45) is 5.73 Å². The first kappa shape index (κ1) is 11.1. The van der Waals surface area contributed by atoms with Gasteiger partial charge in [0.2, 0.25) is 5.91 Å². The van der Waals surface area contributed by atoms with Crippen LogP contribution in [0.25, 0.3) is 0 Å². The molecule has 0 spiro atoms. The Bertz CT molecular complexity index is 383.